The molecule has 0 N–H and O–H groups in total. The lowest BCUT2D eigenvalue weighted by atomic mass is 10.1. The van der Waals surface area contributed by atoms with E-state index in [-0.39, 0.29) is 23.7 Å². The minimum atomic E-state index is -0.597. The molecule has 0 unspecified atom stereocenters. The van der Waals surface area contributed by atoms with Crippen LogP contribution in [0.15, 0.2) is 48.2 Å². The van der Waals surface area contributed by atoms with Crippen LogP contribution in [0, 0.1) is 5.82 Å². The van der Waals surface area contributed by atoms with Gasteiger partial charge in [-0.15, -0.1) is 0 Å². The van der Waals surface area contributed by atoms with Gasteiger partial charge in [0.15, 0.2) is 12.4 Å². The molecular weight excluding hydrogens is 351 g/mol. The molecule has 0 saturated carbocycles. The Labute approximate surface area is 156 Å². The zero-order valence-corrected chi connectivity index (χ0v) is 15.2. The van der Waals surface area contributed by atoms with Crippen molar-refractivity contribution in [2.24, 2.45) is 0 Å². The lowest BCUT2D eigenvalue weighted by molar-refractivity contribution is -0.157. The second-order valence-corrected chi connectivity index (χ2v) is 6.99. The van der Waals surface area contributed by atoms with Crippen molar-refractivity contribution in [1.82, 2.24) is 0 Å². The zero-order valence-electron chi connectivity index (χ0n) is 15.2. The molecule has 0 radical (unpaired) electrons. The number of rotatable bonds is 4. The van der Waals surface area contributed by atoms with E-state index < -0.39 is 17.4 Å². The van der Waals surface area contributed by atoms with Crippen LogP contribution in [0.25, 0.3) is 6.08 Å². The largest absolute Gasteiger partial charge is 0.482 e. The van der Waals surface area contributed by atoms with Crippen LogP contribution in [0.3, 0.4) is 0 Å². The van der Waals surface area contributed by atoms with E-state index in [9.17, 15) is 14.0 Å². The van der Waals surface area contributed by atoms with Gasteiger partial charge in [0.2, 0.25) is 5.78 Å². The Morgan fingerprint density at radius 1 is 1.19 bits per heavy atom. The van der Waals surface area contributed by atoms with Crippen LogP contribution in [0.4, 0.5) is 4.39 Å². The second-order valence-electron chi connectivity index (χ2n) is 6.99. The van der Waals surface area contributed by atoms with Crippen molar-refractivity contribution in [3.05, 3.63) is 65.2 Å². The average molecular weight is 370 g/mol. The molecule has 0 bridgehead atoms. The summed E-state index contributed by atoms with van der Waals surface area (Å²) in [5, 5.41) is 0. The third-order valence-electron chi connectivity index (χ3n) is 3.61. The van der Waals surface area contributed by atoms with Crippen molar-refractivity contribution in [3.8, 4) is 11.5 Å². The standard InChI is InChI=1S/C21H19FO5/c1-21(2,3)27-19(23)12-25-14-8-9-15-17(11-14)26-18(20(15)24)10-13-6-4-5-7-16(13)22/h4-11H,12H2,1-3H3/b18-10-. The monoisotopic (exact) mass is 370 g/mol. The molecule has 0 aliphatic carbocycles. The van der Waals surface area contributed by atoms with Gasteiger partial charge in [-0.25, -0.2) is 9.18 Å². The number of fused-ring (bicyclic) bond motifs is 1. The average Bonchev–Trinajstić information content (AvgIpc) is 2.89. The van der Waals surface area contributed by atoms with Crippen molar-refractivity contribution in [3.63, 3.8) is 0 Å². The van der Waals surface area contributed by atoms with E-state index >= 15 is 0 Å². The maximum atomic E-state index is 13.8. The number of ketones is 1. The maximum absolute atomic E-state index is 13.8. The number of Topliss-reactive ketones (excluding diaryl/α,β-unsaturated/α-hetero) is 1. The molecule has 0 atom stereocenters. The summed E-state index contributed by atoms with van der Waals surface area (Å²) in [5.74, 6) is -0.603. The van der Waals surface area contributed by atoms with Gasteiger partial charge in [0.05, 0.1) is 5.56 Å². The number of benzene rings is 2. The number of carbonyl (C=O) groups excluding carboxylic acids is 2. The summed E-state index contributed by atoms with van der Waals surface area (Å²) in [7, 11) is 0. The van der Waals surface area contributed by atoms with Crippen molar-refractivity contribution >= 4 is 17.8 Å². The topological polar surface area (TPSA) is 61.8 Å². The third-order valence-corrected chi connectivity index (χ3v) is 3.61. The highest BCUT2D eigenvalue weighted by Crippen LogP contribution is 2.35. The Kier molecular flexibility index (Phi) is 4.99. The van der Waals surface area contributed by atoms with E-state index in [4.69, 9.17) is 14.2 Å². The summed E-state index contributed by atoms with van der Waals surface area (Å²) in [4.78, 5) is 24.1. The van der Waals surface area contributed by atoms with E-state index in [1.807, 2.05) is 0 Å². The molecule has 0 aromatic heterocycles. The first-order valence-electron chi connectivity index (χ1n) is 8.40. The highest BCUT2D eigenvalue weighted by molar-refractivity contribution is 6.14. The Hall–Kier alpha value is -3.15. The van der Waals surface area contributed by atoms with Crippen molar-refractivity contribution < 1.29 is 28.2 Å². The predicted molar refractivity (Wildman–Crippen MR) is 97.1 cm³/mol. The smallest absolute Gasteiger partial charge is 0.344 e. The van der Waals surface area contributed by atoms with Gasteiger partial charge in [0, 0.05) is 11.6 Å². The first-order valence-corrected chi connectivity index (χ1v) is 8.40. The van der Waals surface area contributed by atoms with Gasteiger partial charge in [-0.3, -0.25) is 4.79 Å². The molecule has 0 spiro atoms. The van der Waals surface area contributed by atoms with Crippen LogP contribution in [-0.2, 0) is 9.53 Å². The third kappa shape index (κ3) is 4.53. The Morgan fingerprint density at radius 3 is 2.63 bits per heavy atom. The fraction of sp³-hybridized carbons (Fsp3) is 0.238. The number of carbonyl (C=O) groups is 2. The minimum Gasteiger partial charge on any atom is -0.482 e. The van der Waals surface area contributed by atoms with Crippen LogP contribution in [0.2, 0.25) is 0 Å². The van der Waals surface area contributed by atoms with Crippen LogP contribution < -0.4 is 9.47 Å². The summed E-state index contributed by atoms with van der Waals surface area (Å²) < 4.78 is 29.9. The molecule has 6 heteroatoms. The van der Waals surface area contributed by atoms with Crippen LogP contribution in [0.1, 0.15) is 36.7 Å². The minimum absolute atomic E-state index is 0.0272. The fourth-order valence-corrected chi connectivity index (χ4v) is 2.50. The van der Waals surface area contributed by atoms with Crippen molar-refractivity contribution in [2.75, 3.05) is 6.61 Å². The predicted octanol–water partition coefficient (Wildman–Crippen LogP) is 4.16. The number of hydrogen-bond acceptors (Lipinski definition) is 5. The molecule has 0 saturated heterocycles. The van der Waals surface area contributed by atoms with Crippen LogP contribution >= 0.6 is 0 Å². The summed E-state index contributed by atoms with van der Waals surface area (Å²) >= 11 is 0. The van der Waals surface area contributed by atoms with Gasteiger partial charge < -0.3 is 14.2 Å². The highest BCUT2D eigenvalue weighted by atomic mass is 19.1. The molecule has 140 valence electrons. The summed E-state index contributed by atoms with van der Waals surface area (Å²) in [5.41, 5.74) is 0.0117. The van der Waals surface area contributed by atoms with E-state index in [0.29, 0.717) is 17.1 Å². The molecule has 1 aliphatic heterocycles. The molecule has 1 heterocycles. The Balaban J connectivity index is 1.72. The normalized spacial score (nSPS) is 14.7. The SMILES string of the molecule is CC(C)(C)OC(=O)COc1ccc2c(c1)O/C(=C\c1ccccc1F)C2=O. The maximum Gasteiger partial charge on any atom is 0.344 e. The summed E-state index contributed by atoms with van der Waals surface area (Å²) in [6.07, 6.45) is 1.36. The lowest BCUT2D eigenvalue weighted by Gasteiger charge is -2.19. The van der Waals surface area contributed by atoms with Gasteiger partial charge in [0.25, 0.3) is 0 Å². The lowest BCUT2D eigenvalue weighted by Crippen LogP contribution is -2.27. The van der Waals surface area contributed by atoms with Gasteiger partial charge in [-0.05, 0) is 45.0 Å². The molecule has 5 nitrogen and oxygen atoms in total. The summed E-state index contributed by atoms with van der Waals surface area (Å²) in [6, 6.07) is 10.7. The van der Waals surface area contributed by atoms with Crippen LogP contribution in [0.5, 0.6) is 11.5 Å². The van der Waals surface area contributed by atoms with E-state index in [1.165, 1.54) is 18.2 Å². The van der Waals surface area contributed by atoms with Gasteiger partial charge in [-0.2, -0.15) is 0 Å². The molecule has 2 aromatic rings. The van der Waals surface area contributed by atoms with Crippen molar-refractivity contribution in [1.29, 1.82) is 0 Å². The van der Waals surface area contributed by atoms with Gasteiger partial charge in [-0.1, -0.05) is 18.2 Å². The number of halogens is 1. The zero-order chi connectivity index (χ0) is 19.6. The molecule has 0 fully saturated rings. The quantitative estimate of drug-likeness (QED) is 0.597. The first-order chi connectivity index (χ1) is 12.7. The van der Waals surface area contributed by atoms with E-state index in [2.05, 4.69) is 0 Å². The summed E-state index contributed by atoms with van der Waals surface area (Å²) in [6.45, 7) is 5.04. The highest BCUT2D eigenvalue weighted by Gasteiger charge is 2.28. The van der Waals surface area contributed by atoms with Crippen LogP contribution in [-0.4, -0.2) is 24.0 Å². The molecule has 27 heavy (non-hydrogen) atoms. The first kappa shape index (κ1) is 18.6. The molecule has 0 amide bonds. The number of hydrogen-bond donors (Lipinski definition) is 0. The van der Waals surface area contributed by atoms with Crippen molar-refractivity contribution in [2.45, 2.75) is 26.4 Å². The number of esters is 1. The Morgan fingerprint density at radius 2 is 1.93 bits per heavy atom. The fourth-order valence-electron chi connectivity index (χ4n) is 2.50. The second kappa shape index (κ2) is 7.23. The molecular formula is C21H19FO5. The Bertz CT molecular complexity index is 924. The van der Waals surface area contributed by atoms with Gasteiger partial charge in [0.1, 0.15) is 22.9 Å². The number of ether oxygens (including phenoxy) is 3. The molecule has 2 aromatic carbocycles. The molecule has 3 rings (SSSR count). The molecule has 1 aliphatic rings. The number of allylic oxidation sites excluding steroid dienone is 1. The van der Waals surface area contributed by atoms with E-state index in [0.717, 1.165) is 0 Å². The van der Waals surface area contributed by atoms with E-state index in [1.54, 1.807) is 51.1 Å². The van der Waals surface area contributed by atoms with Gasteiger partial charge >= 0.3 is 5.97 Å².